The van der Waals surface area contributed by atoms with Gasteiger partial charge >= 0.3 is 0 Å². The van der Waals surface area contributed by atoms with Crippen molar-refractivity contribution in [3.8, 4) is 0 Å². The maximum absolute atomic E-state index is 13.7. The highest BCUT2D eigenvalue weighted by atomic mass is 35.5. The highest BCUT2D eigenvalue weighted by Crippen LogP contribution is 2.25. The number of anilines is 1. The highest BCUT2D eigenvalue weighted by molar-refractivity contribution is 5.97. The second-order valence-electron chi connectivity index (χ2n) is 4.89. The number of nitrogens with one attached hydrogen (secondary N) is 2. The molecule has 4 nitrogen and oxygen atoms in total. The Kier molecular flexibility index (Phi) is 5.92. The molecule has 0 bridgehead atoms. The number of hydrogen-bond donors (Lipinski definition) is 2. The Bertz CT molecular complexity index is 476. The van der Waals surface area contributed by atoms with E-state index in [9.17, 15) is 9.18 Å². The number of benzene rings is 1. The number of methoxy groups -OCH3 is 1. The van der Waals surface area contributed by atoms with Crippen LogP contribution in [0.1, 0.15) is 18.4 Å². The van der Waals surface area contributed by atoms with E-state index in [2.05, 4.69) is 10.6 Å². The van der Waals surface area contributed by atoms with Crippen LogP contribution in [0.4, 0.5) is 10.1 Å². The van der Waals surface area contributed by atoms with Gasteiger partial charge in [-0.15, -0.1) is 12.4 Å². The smallest absolute Gasteiger partial charge is 0.256 e. The molecule has 0 unspecified atom stereocenters. The Morgan fingerprint density at radius 3 is 2.65 bits per heavy atom. The molecule has 1 aromatic carbocycles. The number of carbonyl (C=O) groups excluding carboxylic acids is 1. The van der Waals surface area contributed by atoms with Crippen molar-refractivity contribution in [3.63, 3.8) is 0 Å². The van der Waals surface area contributed by atoms with Gasteiger partial charge in [0.2, 0.25) is 0 Å². The van der Waals surface area contributed by atoms with Crippen LogP contribution in [0.25, 0.3) is 0 Å². The highest BCUT2D eigenvalue weighted by Gasteiger charge is 2.39. The Hall–Kier alpha value is -1.17. The molecule has 1 saturated heterocycles. The third kappa shape index (κ3) is 3.48. The summed E-state index contributed by atoms with van der Waals surface area (Å²) >= 11 is 0. The van der Waals surface area contributed by atoms with E-state index < -0.39 is 11.4 Å². The molecule has 1 heterocycles. The van der Waals surface area contributed by atoms with Crippen LogP contribution in [0.3, 0.4) is 0 Å². The SMILES string of the molecule is COC1(C(=O)Nc2cc(C)ccc2F)CCNCC1.Cl. The number of rotatable bonds is 3. The average molecular weight is 303 g/mol. The summed E-state index contributed by atoms with van der Waals surface area (Å²) in [5.74, 6) is -0.708. The summed E-state index contributed by atoms with van der Waals surface area (Å²) in [4.78, 5) is 12.4. The minimum Gasteiger partial charge on any atom is -0.368 e. The first-order valence-corrected chi connectivity index (χ1v) is 6.41. The second kappa shape index (κ2) is 7.02. The van der Waals surface area contributed by atoms with E-state index in [1.54, 1.807) is 12.1 Å². The molecule has 0 spiro atoms. The fourth-order valence-corrected chi connectivity index (χ4v) is 2.33. The zero-order valence-electron chi connectivity index (χ0n) is 11.7. The van der Waals surface area contributed by atoms with Crippen LogP contribution in [0, 0.1) is 12.7 Å². The molecule has 0 atom stereocenters. The maximum atomic E-state index is 13.7. The molecule has 6 heteroatoms. The van der Waals surface area contributed by atoms with Crippen LogP contribution in [-0.4, -0.2) is 31.7 Å². The number of halogens is 2. The number of carbonyl (C=O) groups is 1. The van der Waals surface area contributed by atoms with Gasteiger partial charge in [-0.3, -0.25) is 4.79 Å². The summed E-state index contributed by atoms with van der Waals surface area (Å²) in [7, 11) is 1.53. The molecule has 0 saturated carbocycles. The minimum atomic E-state index is -0.860. The Morgan fingerprint density at radius 2 is 2.05 bits per heavy atom. The zero-order valence-corrected chi connectivity index (χ0v) is 12.5. The zero-order chi connectivity index (χ0) is 13.9. The third-order valence-electron chi connectivity index (χ3n) is 3.59. The summed E-state index contributed by atoms with van der Waals surface area (Å²) in [5.41, 5.74) is 0.245. The molecule has 2 N–H and O–H groups in total. The molecule has 1 aliphatic heterocycles. The van der Waals surface area contributed by atoms with E-state index in [1.807, 2.05) is 6.92 Å². The third-order valence-corrected chi connectivity index (χ3v) is 3.59. The summed E-state index contributed by atoms with van der Waals surface area (Å²) < 4.78 is 19.1. The average Bonchev–Trinajstić information content (AvgIpc) is 2.43. The van der Waals surface area contributed by atoms with Gasteiger partial charge in [0.25, 0.3) is 5.91 Å². The molecule has 112 valence electrons. The van der Waals surface area contributed by atoms with Gasteiger partial charge in [-0.25, -0.2) is 4.39 Å². The van der Waals surface area contributed by atoms with E-state index in [0.29, 0.717) is 12.8 Å². The van der Waals surface area contributed by atoms with Crippen LogP contribution >= 0.6 is 12.4 Å². The lowest BCUT2D eigenvalue weighted by Gasteiger charge is -2.34. The van der Waals surface area contributed by atoms with Crippen molar-refractivity contribution in [2.45, 2.75) is 25.4 Å². The van der Waals surface area contributed by atoms with Crippen LogP contribution in [-0.2, 0) is 9.53 Å². The van der Waals surface area contributed by atoms with E-state index in [1.165, 1.54) is 13.2 Å². The quantitative estimate of drug-likeness (QED) is 0.900. The molecule has 0 aliphatic carbocycles. The molecule has 1 amide bonds. The summed E-state index contributed by atoms with van der Waals surface area (Å²) in [6.07, 6.45) is 1.17. The van der Waals surface area contributed by atoms with Crippen LogP contribution in [0.5, 0.6) is 0 Å². The molecule has 1 aliphatic rings. The Labute approximate surface area is 124 Å². The van der Waals surface area contributed by atoms with Crippen molar-refractivity contribution in [1.82, 2.24) is 5.32 Å². The first kappa shape index (κ1) is 16.9. The monoisotopic (exact) mass is 302 g/mol. The molecule has 0 radical (unpaired) electrons. The molecular weight excluding hydrogens is 283 g/mol. The minimum absolute atomic E-state index is 0. The van der Waals surface area contributed by atoms with Crippen LogP contribution in [0.15, 0.2) is 18.2 Å². The van der Waals surface area contributed by atoms with Crippen LogP contribution < -0.4 is 10.6 Å². The standard InChI is InChI=1S/C14H19FN2O2.ClH/c1-10-3-4-11(15)12(9-10)17-13(18)14(19-2)5-7-16-8-6-14;/h3-4,9,16H,5-8H2,1-2H3,(H,17,18);1H. The summed E-state index contributed by atoms with van der Waals surface area (Å²) in [6.45, 7) is 3.29. The van der Waals surface area contributed by atoms with Crippen molar-refractivity contribution >= 4 is 24.0 Å². The van der Waals surface area contributed by atoms with Crippen molar-refractivity contribution in [2.75, 3.05) is 25.5 Å². The number of amides is 1. The van der Waals surface area contributed by atoms with E-state index in [0.717, 1.165) is 18.7 Å². The van der Waals surface area contributed by atoms with E-state index in [-0.39, 0.29) is 24.0 Å². The first-order chi connectivity index (χ1) is 9.07. The molecule has 1 fully saturated rings. The maximum Gasteiger partial charge on any atom is 0.256 e. The number of hydrogen-bond acceptors (Lipinski definition) is 3. The van der Waals surface area contributed by atoms with Gasteiger partial charge < -0.3 is 15.4 Å². The Balaban J connectivity index is 0.00000200. The molecule has 1 aromatic rings. The fraction of sp³-hybridized carbons (Fsp3) is 0.500. The molecule has 0 aromatic heterocycles. The van der Waals surface area contributed by atoms with E-state index >= 15 is 0 Å². The normalized spacial score (nSPS) is 17.1. The number of piperidine rings is 1. The van der Waals surface area contributed by atoms with Gasteiger partial charge in [0.1, 0.15) is 11.4 Å². The predicted octanol–water partition coefficient (Wildman–Crippen LogP) is 2.26. The number of ether oxygens (including phenoxy) is 1. The van der Waals surface area contributed by atoms with Gasteiger partial charge in [0, 0.05) is 7.11 Å². The lowest BCUT2D eigenvalue weighted by atomic mass is 9.91. The van der Waals surface area contributed by atoms with Crippen molar-refractivity contribution in [2.24, 2.45) is 0 Å². The van der Waals surface area contributed by atoms with Gasteiger partial charge in [0.05, 0.1) is 5.69 Å². The van der Waals surface area contributed by atoms with Crippen molar-refractivity contribution < 1.29 is 13.9 Å². The summed E-state index contributed by atoms with van der Waals surface area (Å²) in [5, 5.41) is 5.82. The second-order valence-corrected chi connectivity index (χ2v) is 4.89. The van der Waals surface area contributed by atoms with Gasteiger partial charge in [0.15, 0.2) is 0 Å². The Morgan fingerprint density at radius 1 is 1.40 bits per heavy atom. The van der Waals surface area contributed by atoms with Crippen LogP contribution in [0.2, 0.25) is 0 Å². The van der Waals surface area contributed by atoms with Crippen molar-refractivity contribution in [3.05, 3.63) is 29.6 Å². The van der Waals surface area contributed by atoms with E-state index in [4.69, 9.17) is 4.74 Å². The summed E-state index contributed by atoms with van der Waals surface area (Å²) in [6, 6.07) is 4.64. The predicted molar refractivity (Wildman–Crippen MR) is 78.9 cm³/mol. The largest absolute Gasteiger partial charge is 0.368 e. The number of aryl methyl sites for hydroxylation is 1. The van der Waals surface area contributed by atoms with Gasteiger partial charge in [-0.05, 0) is 50.6 Å². The lowest BCUT2D eigenvalue weighted by Crippen LogP contribution is -2.51. The molecular formula is C14H20ClFN2O2. The lowest BCUT2D eigenvalue weighted by molar-refractivity contribution is -0.140. The van der Waals surface area contributed by atoms with Crippen molar-refractivity contribution in [1.29, 1.82) is 0 Å². The first-order valence-electron chi connectivity index (χ1n) is 6.41. The molecule has 20 heavy (non-hydrogen) atoms. The van der Waals surface area contributed by atoms with Gasteiger partial charge in [-0.2, -0.15) is 0 Å². The fourth-order valence-electron chi connectivity index (χ4n) is 2.33. The molecule has 2 rings (SSSR count). The topological polar surface area (TPSA) is 50.4 Å². The van der Waals surface area contributed by atoms with Gasteiger partial charge in [-0.1, -0.05) is 6.07 Å².